The van der Waals surface area contributed by atoms with Crippen molar-refractivity contribution in [2.24, 2.45) is 0 Å². The third kappa shape index (κ3) is 2.26. The summed E-state index contributed by atoms with van der Waals surface area (Å²) in [5, 5.41) is 3.04. The summed E-state index contributed by atoms with van der Waals surface area (Å²) in [6.07, 6.45) is 0.880. The standard InChI is InChI=1S/C13H19N3O/c1-14-12-8-9-16(13(12)17)11-6-4-10(5-7-11)15(2)3/h4-7,12,14H,8-9H2,1-3H3. The second-order valence-corrected chi connectivity index (χ2v) is 4.53. The van der Waals surface area contributed by atoms with E-state index in [1.54, 1.807) is 0 Å². The van der Waals surface area contributed by atoms with Crippen LogP contribution in [0.2, 0.25) is 0 Å². The zero-order valence-electron chi connectivity index (χ0n) is 10.6. The Bertz CT molecular complexity index is 400. The lowest BCUT2D eigenvalue weighted by Crippen LogP contribution is -2.36. The van der Waals surface area contributed by atoms with Crippen LogP contribution >= 0.6 is 0 Å². The molecule has 1 heterocycles. The van der Waals surface area contributed by atoms with Gasteiger partial charge >= 0.3 is 0 Å². The molecule has 92 valence electrons. The van der Waals surface area contributed by atoms with Gasteiger partial charge in [-0.2, -0.15) is 0 Å². The summed E-state index contributed by atoms with van der Waals surface area (Å²) >= 11 is 0. The molecule has 0 aromatic heterocycles. The summed E-state index contributed by atoms with van der Waals surface area (Å²) in [6.45, 7) is 0.797. The van der Waals surface area contributed by atoms with Crippen LogP contribution in [-0.2, 0) is 4.79 Å². The number of anilines is 2. The Kier molecular flexibility index (Phi) is 3.33. The van der Waals surface area contributed by atoms with Crippen LogP contribution in [-0.4, -0.2) is 39.6 Å². The van der Waals surface area contributed by atoms with Crippen molar-refractivity contribution in [2.75, 3.05) is 37.5 Å². The highest BCUT2D eigenvalue weighted by atomic mass is 16.2. The van der Waals surface area contributed by atoms with Gasteiger partial charge in [0.15, 0.2) is 0 Å². The first kappa shape index (κ1) is 11.9. The molecule has 1 amide bonds. The van der Waals surface area contributed by atoms with Crippen molar-refractivity contribution >= 4 is 17.3 Å². The number of benzene rings is 1. The first-order valence-electron chi connectivity index (χ1n) is 5.89. The van der Waals surface area contributed by atoms with Crippen LogP contribution in [0.3, 0.4) is 0 Å². The molecule has 4 heteroatoms. The Morgan fingerprint density at radius 1 is 1.29 bits per heavy atom. The summed E-state index contributed by atoms with van der Waals surface area (Å²) in [5.74, 6) is 0.171. The number of nitrogens with zero attached hydrogens (tertiary/aromatic N) is 2. The van der Waals surface area contributed by atoms with E-state index in [0.717, 1.165) is 24.3 Å². The van der Waals surface area contributed by atoms with Crippen molar-refractivity contribution in [1.29, 1.82) is 0 Å². The first-order valence-corrected chi connectivity index (χ1v) is 5.89. The zero-order chi connectivity index (χ0) is 12.4. The third-order valence-corrected chi connectivity index (χ3v) is 3.23. The van der Waals surface area contributed by atoms with Crippen LogP contribution in [0.1, 0.15) is 6.42 Å². The van der Waals surface area contributed by atoms with E-state index in [9.17, 15) is 4.79 Å². The fourth-order valence-corrected chi connectivity index (χ4v) is 2.13. The van der Waals surface area contributed by atoms with E-state index in [4.69, 9.17) is 0 Å². The SMILES string of the molecule is CNC1CCN(c2ccc(N(C)C)cc2)C1=O. The van der Waals surface area contributed by atoms with Gasteiger partial charge in [0.05, 0.1) is 6.04 Å². The highest BCUT2D eigenvalue weighted by Crippen LogP contribution is 2.23. The van der Waals surface area contributed by atoms with Crippen LogP contribution in [0.4, 0.5) is 11.4 Å². The maximum Gasteiger partial charge on any atom is 0.244 e. The number of carbonyl (C=O) groups is 1. The lowest BCUT2D eigenvalue weighted by molar-refractivity contribution is -0.118. The lowest BCUT2D eigenvalue weighted by Gasteiger charge is -2.18. The number of rotatable bonds is 3. The van der Waals surface area contributed by atoms with E-state index in [1.165, 1.54) is 0 Å². The van der Waals surface area contributed by atoms with Crippen molar-refractivity contribution in [3.8, 4) is 0 Å². The molecule has 2 rings (SSSR count). The molecule has 1 N–H and O–H groups in total. The van der Waals surface area contributed by atoms with Crippen molar-refractivity contribution < 1.29 is 4.79 Å². The molecule has 0 radical (unpaired) electrons. The van der Waals surface area contributed by atoms with Gasteiger partial charge in [-0.1, -0.05) is 0 Å². The Balaban J connectivity index is 2.16. The molecule has 0 spiro atoms. The summed E-state index contributed by atoms with van der Waals surface area (Å²) < 4.78 is 0. The molecule has 1 fully saturated rings. The number of hydrogen-bond donors (Lipinski definition) is 1. The second kappa shape index (κ2) is 4.75. The van der Waals surface area contributed by atoms with Crippen LogP contribution in [0.15, 0.2) is 24.3 Å². The average Bonchev–Trinajstić information content (AvgIpc) is 2.70. The van der Waals surface area contributed by atoms with Crippen LogP contribution in [0.25, 0.3) is 0 Å². The summed E-state index contributed by atoms with van der Waals surface area (Å²) in [6, 6.07) is 8.06. The summed E-state index contributed by atoms with van der Waals surface area (Å²) in [5.41, 5.74) is 2.13. The molecular weight excluding hydrogens is 214 g/mol. The second-order valence-electron chi connectivity index (χ2n) is 4.53. The Morgan fingerprint density at radius 3 is 2.41 bits per heavy atom. The van der Waals surface area contributed by atoms with Crippen molar-refractivity contribution in [3.63, 3.8) is 0 Å². The lowest BCUT2D eigenvalue weighted by atomic mass is 10.2. The number of nitrogens with one attached hydrogen (secondary N) is 1. The predicted molar refractivity (Wildman–Crippen MR) is 70.6 cm³/mol. The van der Waals surface area contributed by atoms with Gasteiger partial charge in [-0.3, -0.25) is 4.79 Å². The molecule has 17 heavy (non-hydrogen) atoms. The number of amides is 1. The molecule has 0 bridgehead atoms. The monoisotopic (exact) mass is 233 g/mol. The van der Waals surface area contributed by atoms with E-state index in [2.05, 4.69) is 5.32 Å². The van der Waals surface area contributed by atoms with Gasteiger partial charge in [0.2, 0.25) is 5.91 Å². The molecule has 1 atom stereocenters. The van der Waals surface area contributed by atoms with Gasteiger partial charge in [-0.25, -0.2) is 0 Å². The maximum atomic E-state index is 12.0. The van der Waals surface area contributed by atoms with Gasteiger partial charge in [0.25, 0.3) is 0 Å². The first-order chi connectivity index (χ1) is 8.13. The van der Waals surface area contributed by atoms with Gasteiger partial charge in [0.1, 0.15) is 0 Å². The molecular formula is C13H19N3O. The Labute approximate surface area is 102 Å². The van der Waals surface area contributed by atoms with Gasteiger partial charge in [-0.05, 0) is 37.7 Å². The van der Waals surface area contributed by atoms with E-state index in [1.807, 2.05) is 55.2 Å². The Hall–Kier alpha value is -1.55. The van der Waals surface area contributed by atoms with Gasteiger partial charge in [0, 0.05) is 32.0 Å². The molecule has 1 aromatic rings. The molecule has 0 saturated carbocycles. The Morgan fingerprint density at radius 2 is 1.94 bits per heavy atom. The fraction of sp³-hybridized carbons (Fsp3) is 0.462. The van der Waals surface area contributed by atoms with Crippen molar-refractivity contribution in [1.82, 2.24) is 5.32 Å². The number of hydrogen-bond acceptors (Lipinski definition) is 3. The quantitative estimate of drug-likeness (QED) is 0.848. The molecule has 1 aliphatic rings. The zero-order valence-corrected chi connectivity index (χ0v) is 10.6. The van der Waals surface area contributed by atoms with Crippen molar-refractivity contribution in [3.05, 3.63) is 24.3 Å². The maximum absolute atomic E-state index is 12.0. The minimum Gasteiger partial charge on any atom is -0.378 e. The smallest absolute Gasteiger partial charge is 0.244 e. The molecule has 4 nitrogen and oxygen atoms in total. The van der Waals surface area contributed by atoms with E-state index in [0.29, 0.717) is 0 Å². The van der Waals surface area contributed by atoms with Gasteiger partial charge < -0.3 is 15.1 Å². The highest BCUT2D eigenvalue weighted by Gasteiger charge is 2.30. The highest BCUT2D eigenvalue weighted by molar-refractivity contribution is 5.99. The topological polar surface area (TPSA) is 35.6 Å². The minimum atomic E-state index is -0.0245. The summed E-state index contributed by atoms with van der Waals surface area (Å²) in [7, 11) is 5.85. The molecule has 1 aromatic carbocycles. The van der Waals surface area contributed by atoms with Gasteiger partial charge in [-0.15, -0.1) is 0 Å². The molecule has 1 aliphatic heterocycles. The molecule has 1 saturated heterocycles. The number of likely N-dealkylation sites (N-methyl/N-ethyl adjacent to an activating group) is 1. The fourth-order valence-electron chi connectivity index (χ4n) is 2.13. The minimum absolute atomic E-state index is 0.0245. The van der Waals surface area contributed by atoms with Crippen LogP contribution < -0.4 is 15.1 Å². The number of carbonyl (C=O) groups excluding carboxylic acids is 1. The molecule has 0 aliphatic carbocycles. The summed E-state index contributed by atoms with van der Waals surface area (Å²) in [4.78, 5) is 15.9. The third-order valence-electron chi connectivity index (χ3n) is 3.23. The van der Waals surface area contributed by atoms with Crippen LogP contribution in [0.5, 0.6) is 0 Å². The van der Waals surface area contributed by atoms with Crippen molar-refractivity contribution in [2.45, 2.75) is 12.5 Å². The predicted octanol–water partition coefficient (Wildman–Crippen LogP) is 1.08. The van der Waals surface area contributed by atoms with E-state index < -0.39 is 0 Å². The largest absolute Gasteiger partial charge is 0.378 e. The molecule has 1 unspecified atom stereocenters. The van der Waals surface area contributed by atoms with E-state index in [-0.39, 0.29) is 11.9 Å². The van der Waals surface area contributed by atoms with E-state index >= 15 is 0 Å². The van der Waals surface area contributed by atoms with Crippen LogP contribution in [0, 0.1) is 0 Å². The average molecular weight is 233 g/mol. The normalized spacial score (nSPS) is 19.8.